The van der Waals surface area contributed by atoms with Crippen LogP contribution in [-0.4, -0.2) is 50.4 Å². The van der Waals surface area contributed by atoms with Crippen LogP contribution >= 0.6 is 23.2 Å². The first-order valence-corrected chi connectivity index (χ1v) is 15.6. The average molecular weight is 639 g/mol. The normalized spacial score (nSPS) is 12.1. The molecule has 42 heavy (non-hydrogen) atoms. The fraction of sp³-hybridized carbons (Fsp3) is 0.333. The van der Waals surface area contributed by atoms with Crippen LogP contribution in [0.1, 0.15) is 39.7 Å². The van der Waals surface area contributed by atoms with E-state index in [-0.39, 0.29) is 39.6 Å². The first-order chi connectivity index (χ1) is 19.9. The number of amides is 2. The quantitative estimate of drug-likeness (QED) is 0.246. The Labute approximate surface area is 256 Å². The summed E-state index contributed by atoms with van der Waals surface area (Å²) in [6, 6.07) is 14.2. The number of benzene rings is 3. The molecule has 3 rings (SSSR count). The monoisotopic (exact) mass is 637 g/mol. The van der Waals surface area contributed by atoms with E-state index in [1.165, 1.54) is 41.3 Å². The van der Waals surface area contributed by atoms with E-state index in [2.05, 4.69) is 5.32 Å². The molecule has 0 spiro atoms. The second kappa shape index (κ2) is 14.7. The van der Waals surface area contributed by atoms with Gasteiger partial charge in [-0.15, -0.1) is 0 Å². The van der Waals surface area contributed by atoms with Crippen molar-refractivity contribution in [3.63, 3.8) is 0 Å². The van der Waals surface area contributed by atoms with Crippen molar-refractivity contribution in [2.24, 2.45) is 0 Å². The van der Waals surface area contributed by atoms with Crippen molar-refractivity contribution < 1.29 is 27.1 Å². The Morgan fingerprint density at radius 3 is 2.07 bits per heavy atom. The Balaban J connectivity index is 2.09. The zero-order valence-electron chi connectivity index (χ0n) is 23.8. The Morgan fingerprint density at radius 2 is 1.55 bits per heavy atom. The summed E-state index contributed by atoms with van der Waals surface area (Å²) < 4.78 is 48.0. The Morgan fingerprint density at radius 1 is 0.952 bits per heavy atom. The van der Waals surface area contributed by atoms with E-state index in [1.807, 2.05) is 0 Å². The molecule has 3 aromatic rings. The van der Waals surface area contributed by atoms with Crippen LogP contribution in [0.15, 0.2) is 71.6 Å². The lowest BCUT2D eigenvalue weighted by atomic mass is 10.1. The van der Waals surface area contributed by atoms with E-state index in [0.29, 0.717) is 17.9 Å². The molecule has 0 unspecified atom stereocenters. The predicted molar refractivity (Wildman–Crippen MR) is 163 cm³/mol. The highest BCUT2D eigenvalue weighted by Crippen LogP contribution is 2.29. The lowest BCUT2D eigenvalue weighted by molar-refractivity contribution is -0.140. The van der Waals surface area contributed by atoms with Gasteiger partial charge in [0.05, 0.1) is 17.2 Å². The molecule has 8 nitrogen and oxygen atoms in total. The van der Waals surface area contributed by atoms with E-state index in [9.17, 15) is 22.4 Å². The molecule has 0 fully saturated rings. The molecular formula is C30H34Cl2FN3O5S. The fourth-order valence-corrected chi connectivity index (χ4v) is 6.22. The lowest BCUT2D eigenvalue weighted by Crippen LogP contribution is -2.53. The molecule has 2 amide bonds. The van der Waals surface area contributed by atoms with Gasteiger partial charge >= 0.3 is 0 Å². The van der Waals surface area contributed by atoms with E-state index in [0.717, 1.165) is 16.4 Å². The van der Waals surface area contributed by atoms with Crippen molar-refractivity contribution >= 4 is 50.7 Å². The molecule has 0 radical (unpaired) electrons. The number of nitrogens with zero attached hydrogens (tertiary/aromatic N) is 2. The summed E-state index contributed by atoms with van der Waals surface area (Å²) in [4.78, 5) is 28.5. The maximum Gasteiger partial charge on any atom is 0.264 e. The number of hydrogen-bond acceptors (Lipinski definition) is 5. The minimum Gasteiger partial charge on any atom is -0.494 e. The minimum atomic E-state index is -4.33. The molecule has 226 valence electrons. The summed E-state index contributed by atoms with van der Waals surface area (Å²) in [5.74, 6) is -1.19. The molecule has 0 heterocycles. The number of nitrogens with one attached hydrogen (secondary N) is 1. The van der Waals surface area contributed by atoms with E-state index < -0.39 is 40.2 Å². The Kier molecular flexibility index (Phi) is 11.6. The fourth-order valence-electron chi connectivity index (χ4n) is 4.29. The highest BCUT2D eigenvalue weighted by Gasteiger charge is 2.34. The lowest BCUT2D eigenvalue weighted by Gasteiger charge is -2.34. The van der Waals surface area contributed by atoms with Gasteiger partial charge < -0.3 is 15.0 Å². The van der Waals surface area contributed by atoms with Crippen LogP contribution in [0.3, 0.4) is 0 Å². The van der Waals surface area contributed by atoms with Crippen LogP contribution in [0, 0.1) is 5.82 Å². The molecule has 0 aliphatic rings. The SMILES string of the molecule is CCOc1ccc(S(=O)(=O)N(CC(=O)N(Cc2c(Cl)cccc2Cl)[C@@H](CC)C(=O)NC(C)C)c2ccc(F)cc2)cc1. The number of ether oxygens (including phenoxy) is 1. The first-order valence-electron chi connectivity index (χ1n) is 13.4. The van der Waals surface area contributed by atoms with Gasteiger partial charge in [-0.05, 0) is 87.9 Å². The van der Waals surface area contributed by atoms with Gasteiger partial charge in [-0.25, -0.2) is 12.8 Å². The summed E-state index contributed by atoms with van der Waals surface area (Å²) in [6.07, 6.45) is 0.231. The van der Waals surface area contributed by atoms with Gasteiger partial charge in [0.25, 0.3) is 10.0 Å². The largest absolute Gasteiger partial charge is 0.494 e. The highest BCUT2D eigenvalue weighted by atomic mass is 35.5. The number of rotatable bonds is 13. The zero-order chi connectivity index (χ0) is 31.0. The van der Waals surface area contributed by atoms with Gasteiger partial charge in [0.1, 0.15) is 24.2 Å². The topological polar surface area (TPSA) is 96.0 Å². The number of anilines is 1. The molecular weight excluding hydrogens is 604 g/mol. The Hall–Kier alpha value is -3.34. The third kappa shape index (κ3) is 8.14. The predicted octanol–water partition coefficient (Wildman–Crippen LogP) is 6.06. The molecule has 0 aliphatic carbocycles. The molecule has 1 N–H and O–H groups in total. The standard InChI is InChI=1S/C30H34Cl2FN3O5S/c1-5-28(30(38)34-20(3)4)35(18-25-26(31)8-7-9-27(25)32)29(37)19-36(22-12-10-21(33)11-13-22)42(39,40)24-16-14-23(15-17-24)41-6-2/h7-17,20,28H,5-6,18-19H2,1-4H3,(H,34,38)/t28-/m0/s1. The average Bonchev–Trinajstić information content (AvgIpc) is 2.93. The second-order valence-electron chi connectivity index (χ2n) is 9.70. The number of carbonyl (C=O) groups is 2. The van der Waals surface area contributed by atoms with Crippen molar-refractivity contribution in [1.29, 1.82) is 0 Å². The van der Waals surface area contributed by atoms with Crippen molar-refractivity contribution in [3.8, 4) is 5.75 Å². The van der Waals surface area contributed by atoms with Crippen LogP contribution in [0.2, 0.25) is 10.0 Å². The smallest absolute Gasteiger partial charge is 0.264 e. The zero-order valence-corrected chi connectivity index (χ0v) is 26.1. The maximum atomic E-state index is 14.1. The van der Waals surface area contributed by atoms with Crippen LogP contribution in [0.5, 0.6) is 5.75 Å². The minimum absolute atomic E-state index is 0.0639. The van der Waals surface area contributed by atoms with Gasteiger partial charge in [0, 0.05) is 28.2 Å². The van der Waals surface area contributed by atoms with Crippen LogP contribution in [0.4, 0.5) is 10.1 Å². The van der Waals surface area contributed by atoms with Crippen LogP contribution < -0.4 is 14.4 Å². The van der Waals surface area contributed by atoms with Crippen molar-refractivity contribution in [3.05, 3.63) is 88.2 Å². The molecule has 0 saturated heterocycles. The first kappa shape index (κ1) is 33.2. The number of halogens is 3. The van der Waals surface area contributed by atoms with Crippen molar-refractivity contribution in [2.75, 3.05) is 17.5 Å². The molecule has 0 bridgehead atoms. The van der Waals surface area contributed by atoms with Gasteiger partial charge in [0.2, 0.25) is 11.8 Å². The summed E-state index contributed by atoms with van der Waals surface area (Å²) in [5, 5.41) is 3.40. The maximum absolute atomic E-state index is 14.1. The van der Waals surface area contributed by atoms with Gasteiger partial charge in [-0.1, -0.05) is 36.2 Å². The van der Waals surface area contributed by atoms with Crippen LogP contribution in [-0.2, 0) is 26.2 Å². The van der Waals surface area contributed by atoms with E-state index in [1.54, 1.807) is 45.9 Å². The van der Waals surface area contributed by atoms with E-state index >= 15 is 0 Å². The molecule has 0 saturated carbocycles. The van der Waals surface area contributed by atoms with Crippen molar-refractivity contribution in [2.45, 2.75) is 57.6 Å². The molecule has 3 aromatic carbocycles. The molecule has 0 aliphatic heterocycles. The number of sulfonamides is 1. The van der Waals surface area contributed by atoms with Gasteiger partial charge in [-0.2, -0.15) is 0 Å². The van der Waals surface area contributed by atoms with Gasteiger partial charge in [-0.3, -0.25) is 13.9 Å². The third-order valence-electron chi connectivity index (χ3n) is 6.32. The second-order valence-corrected chi connectivity index (χ2v) is 12.4. The van der Waals surface area contributed by atoms with Crippen molar-refractivity contribution in [1.82, 2.24) is 10.2 Å². The number of hydrogen-bond donors (Lipinski definition) is 1. The van der Waals surface area contributed by atoms with Crippen LogP contribution in [0.25, 0.3) is 0 Å². The molecule has 12 heteroatoms. The van der Waals surface area contributed by atoms with Gasteiger partial charge in [0.15, 0.2) is 0 Å². The number of carbonyl (C=O) groups excluding carboxylic acids is 2. The molecule has 1 atom stereocenters. The summed E-state index contributed by atoms with van der Waals surface area (Å²) in [5.41, 5.74) is 0.474. The third-order valence-corrected chi connectivity index (χ3v) is 8.82. The molecule has 0 aromatic heterocycles. The summed E-state index contributed by atoms with van der Waals surface area (Å²) in [7, 11) is -4.33. The Bertz CT molecular complexity index is 1470. The van der Waals surface area contributed by atoms with E-state index in [4.69, 9.17) is 27.9 Å². The summed E-state index contributed by atoms with van der Waals surface area (Å²) in [6.45, 7) is 6.70. The summed E-state index contributed by atoms with van der Waals surface area (Å²) >= 11 is 12.8. The highest BCUT2D eigenvalue weighted by molar-refractivity contribution is 7.92.